The SMILES string of the molecule is CCCCCNc1ccc(NC(=O)COc2ccccc2)cc1. The van der Waals surface area contributed by atoms with E-state index in [1.54, 1.807) is 0 Å². The monoisotopic (exact) mass is 312 g/mol. The molecular weight excluding hydrogens is 288 g/mol. The molecule has 0 bridgehead atoms. The van der Waals surface area contributed by atoms with Crippen molar-refractivity contribution < 1.29 is 9.53 Å². The van der Waals surface area contributed by atoms with Crippen molar-refractivity contribution in [3.05, 3.63) is 54.6 Å². The fraction of sp³-hybridized carbons (Fsp3) is 0.316. The first-order chi connectivity index (χ1) is 11.3. The van der Waals surface area contributed by atoms with Crippen LogP contribution in [-0.4, -0.2) is 19.1 Å². The van der Waals surface area contributed by atoms with Crippen LogP contribution in [0.25, 0.3) is 0 Å². The lowest BCUT2D eigenvalue weighted by Gasteiger charge is -2.09. The van der Waals surface area contributed by atoms with Crippen LogP contribution in [0.3, 0.4) is 0 Å². The van der Waals surface area contributed by atoms with Crippen molar-refractivity contribution in [2.45, 2.75) is 26.2 Å². The molecule has 122 valence electrons. The van der Waals surface area contributed by atoms with Gasteiger partial charge < -0.3 is 15.4 Å². The highest BCUT2D eigenvalue weighted by molar-refractivity contribution is 5.92. The molecule has 0 aliphatic heterocycles. The Labute approximate surface area is 137 Å². The van der Waals surface area contributed by atoms with Crippen molar-refractivity contribution in [3.63, 3.8) is 0 Å². The van der Waals surface area contributed by atoms with Gasteiger partial charge in [-0.3, -0.25) is 4.79 Å². The Morgan fingerprint density at radius 3 is 2.35 bits per heavy atom. The number of anilines is 2. The molecule has 0 spiro atoms. The summed E-state index contributed by atoms with van der Waals surface area (Å²) in [5, 5.41) is 6.19. The molecule has 0 saturated heterocycles. The lowest BCUT2D eigenvalue weighted by molar-refractivity contribution is -0.118. The van der Waals surface area contributed by atoms with Crippen molar-refractivity contribution in [2.24, 2.45) is 0 Å². The molecule has 2 aromatic carbocycles. The van der Waals surface area contributed by atoms with E-state index in [0.717, 1.165) is 17.9 Å². The normalized spacial score (nSPS) is 10.1. The molecule has 2 N–H and O–H groups in total. The third-order valence-electron chi connectivity index (χ3n) is 3.39. The summed E-state index contributed by atoms with van der Waals surface area (Å²) in [5.41, 5.74) is 1.84. The van der Waals surface area contributed by atoms with E-state index in [1.807, 2.05) is 54.6 Å². The van der Waals surface area contributed by atoms with Crippen LogP contribution < -0.4 is 15.4 Å². The molecule has 1 amide bonds. The van der Waals surface area contributed by atoms with Crippen LogP contribution >= 0.6 is 0 Å². The van der Waals surface area contributed by atoms with Crippen LogP contribution in [0.4, 0.5) is 11.4 Å². The van der Waals surface area contributed by atoms with Gasteiger partial charge in [-0.05, 0) is 42.8 Å². The van der Waals surface area contributed by atoms with E-state index >= 15 is 0 Å². The van der Waals surface area contributed by atoms with Gasteiger partial charge in [-0.1, -0.05) is 38.0 Å². The number of carbonyl (C=O) groups is 1. The molecule has 0 radical (unpaired) electrons. The Morgan fingerprint density at radius 2 is 1.65 bits per heavy atom. The lowest BCUT2D eigenvalue weighted by Crippen LogP contribution is -2.20. The maximum atomic E-state index is 11.9. The highest BCUT2D eigenvalue weighted by atomic mass is 16.5. The third-order valence-corrected chi connectivity index (χ3v) is 3.39. The zero-order valence-electron chi connectivity index (χ0n) is 13.5. The van der Waals surface area contributed by atoms with Crippen LogP contribution in [0.5, 0.6) is 5.75 Å². The van der Waals surface area contributed by atoms with Crippen molar-refractivity contribution in [1.29, 1.82) is 0 Å². The third kappa shape index (κ3) is 6.43. The van der Waals surface area contributed by atoms with Crippen LogP contribution in [0.2, 0.25) is 0 Å². The van der Waals surface area contributed by atoms with E-state index in [1.165, 1.54) is 19.3 Å². The molecule has 0 fully saturated rings. The fourth-order valence-electron chi connectivity index (χ4n) is 2.14. The predicted octanol–water partition coefficient (Wildman–Crippen LogP) is 4.31. The van der Waals surface area contributed by atoms with Gasteiger partial charge in [-0.2, -0.15) is 0 Å². The summed E-state index contributed by atoms with van der Waals surface area (Å²) in [6.45, 7) is 3.17. The van der Waals surface area contributed by atoms with Crippen molar-refractivity contribution in [3.8, 4) is 5.75 Å². The Morgan fingerprint density at radius 1 is 0.957 bits per heavy atom. The number of benzene rings is 2. The fourth-order valence-corrected chi connectivity index (χ4v) is 2.14. The highest BCUT2D eigenvalue weighted by Crippen LogP contribution is 2.14. The summed E-state index contributed by atoms with van der Waals surface area (Å²) >= 11 is 0. The molecule has 23 heavy (non-hydrogen) atoms. The summed E-state index contributed by atoms with van der Waals surface area (Å²) in [6, 6.07) is 17.0. The summed E-state index contributed by atoms with van der Waals surface area (Å²) in [6.07, 6.45) is 3.63. The van der Waals surface area contributed by atoms with E-state index in [2.05, 4.69) is 17.6 Å². The number of para-hydroxylation sites is 1. The first-order valence-corrected chi connectivity index (χ1v) is 8.09. The molecular formula is C19H24N2O2. The average Bonchev–Trinajstić information content (AvgIpc) is 2.59. The van der Waals surface area contributed by atoms with Gasteiger partial charge in [0.15, 0.2) is 6.61 Å². The minimum atomic E-state index is -0.169. The molecule has 0 aromatic heterocycles. The number of ether oxygens (including phenoxy) is 1. The lowest BCUT2D eigenvalue weighted by atomic mass is 10.2. The molecule has 0 saturated carbocycles. The van der Waals surface area contributed by atoms with Gasteiger partial charge in [0.1, 0.15) is 5.75 Å². The average molecular weight is 312 g/mol. The molecule has 2 aromatic rings. The number of unbranched alkanes of at least 4 members (excludes halogenated alkanes) is 2. The smallest absolute Gasteiger partial charge is 0.262 e. The summed E-state index contributed by atoms with van der Waals surface area (Å²) in [5.74, 6) is 0.520. The molecule has 4 heteroatoms. The van der Waals surface area contributed by atoms with Gasteiger partial charge in [-0.15, -0.1) is 0 Å². The largest absolute Gasteiger partial charge is 0.484 e. The summed E-state index contributed by atoms with van der Waals surface area (Å²) in [4.78, 5) is 11.9. The van der Waals surface area contributed by atoms with E-state index in [-0.39, 0.29) is 12.5 Å². The van der Waals surface area contributed by atoms with E-state index in [0.29, 0.717) is 5.75 Å². The Bertz CT molecular complexity index is 582. The summed E-state index contributed by atoms with van der Waals surface area (Å²) < 4.78 is 5.42. The minimum Gasteiger partial charge on any atom is -0.484 e. The second kappa shape index (κ2) is 9.51. The van der Waals surface area contributed by atoms with E-state index in [4.69, 9.17) is 4.74 Å². The maximum Gasteiger partial charge on any atom is 0.262 e. The van der Waals surface area contributed by atoms with Gasteiger partial charge in [0.25, 0.3) is 5.91 Å². The van der Waals surface area contributed by atoms with Gasteiger partial charge in [-0.25, -0.2) is 0 Å². The molecule has 0 unspecified atom stereocenters. The predicted molar refractivity (Wildman–Crippen MR) is 95.0 cm³/mol. The number of carbonyl (C=O) groups excluding carboxylic acids is 1. The Balaban J connectivity index is 1.73. The minimum absolute atomic E-state index is 0.00102. The van der Waals surface area contributed by atoms with Gasteiger partial charge in [0, 0.05) is 17.9 Å². The topological polar surface area (TPSA) is 50.4 Å². The van der Waals surface area contributed by atoms with Crippen LogP contribution in [0, 0.1) is 0 Å². The van der Waals surface area contributed by atoms with Gasteiger partial charge >= 0.3 is 0 Å². The highest BCUT2D eigenvalue weighted by Gasteiger charge is 2.03. The van der Waals surface area contributed by atoms with Crippen molar-refractivity contribution in [2.75, 3.05) is 23.8 Å². The van der Waals surface area contributed by atoms with Gasteiger partial charge in [0.2, 0.25) is 0 Å². The van der Waals surface area contributed by atoms with E-state index < -0.39 is 0 Å². The molecule has 4 nitrogen and oxygen atoms in total. The number of hydrogen-bond acceptors (Lipinski definition) is 3. The number of rotatable bonds is 9. The zero-order chi connectivity index (χ0) is 16.3. The first-order valence-electron chi connectivity index (χ1n) is 8.09. The molecule has 0 aliphatic carbocycles. The zero-order valence-corrected chi connectivity index (χ0v) is 13.5. The Hall–Kier alpha value is -2.49. The maximum absolute atomic E-state index is 11.9. The second-order valence-corrected chi connectivity index (χ2v) is 5.36. The Kier molecular flexibility index (Phi) is 6.98. The van der Waals surface area contributed by atoms with Crippen molar-refractivity contribution >= 4 is 17.3 Å². The summed E-state index contributed by atoms with van der Waals surface area (Å²) in [7, 11) is 0. The van der Waals surface area contributed by atoms with Crippen LogP contribution in [0.1, 0.15) is 26.2 Å². The molecule has 0 atom stereocenters. The second-order valence-electron chi connectivity index (χ2n) is 5.36. The standard InChI is InChI=1S/C19H24N2O2/c1-2-3-7-14-20-16-10-12-17(13-11-16)21-19(22)15-23-18-8-5-4-6-9-18/h4-6,8-13,20H,2-3,7,14-15H2,1H3,(H,21,22). The van der Waals surface area contributed by atoms with Gasteiger partial charge in [0.05, 0.1) is 0 Å². The number of hydrogen-bond donors (Lipinski definition) is 2. The number of amides is 1. The molecule has 2 rings (SSSR count). The molecule has 0 heterocycles. The quantitative estimate of drug-likeness (QED) is 0.679. The van der Waals surface area contributed by atoms with Crippen LogP contribution in [-0.2, 0) is 4.79 Å². The van der Waals surface area contributed by atoms with E-state index in [9.17, 15) is 4.79 Å². The van der Waals surface area contributed by atoms with Crippen LogP contribution in [0.15, 0.2) is 54.6 Å². The first kappa shape index (κ1) is 16.9. The number of nitrogens with one attached hydrogen (secondary N) is 2. The van der Waals surface area contributed by atoms with Crippen molar-refractivity contribution in [1.82, 2.24) is 0 Å². The molecule has 0 aliphatic rings.